The van der Waals surface area contributed by atoms with Gasteiger partial charge in [-0.1, -0.05) is 5.57 Å². The van der Waals surface area contributed by atoms with Gasteiger partial charge in [0.2, 0.25) is 0 Å². The Balaban J connectivity index is 4.45. The van der Waals surface area contributed by atoms with Gasteiger partial charge in [-0.3, -0.25) is 9.59 Å². The van der Waals surface area contributed by atoms with E-state index in [0.29, 0.717) is 0 Å². The van der Waals surface area contributed by atoms with Crippen LogP contribution in [-0.2, 0) is 19.1 Å². The van der Waals surface area contributed by atoms with E-state index in [1.807, 2.05) is 0 Å². The topological polar surface area (TPSA) is 52.6 Å². The highest BCUT2D eigenvalue weighted by atomic mass is 19.4. The summed E-state index contributed by atoms with van der Waals surface area (Å²) >= 11 is 0. The number of esters is 2. The predicted molar refractivity (Wildman–Crippen MR) is 76.0 cm³/mol. The third-order valence-corrected chi connectivity index (χ3v) is 3.06. The molecule has 0 aromatic carbocycles. The summed E-state index contributed by atoms with van der Waals surface area (Å²) in [6, 6.07) is 0. The summed E-state index contributed by atoms with van der Waals surface area (Å²) in [5.41, 5.74) is 0.876. The van der Waals surface area contributed by atoms with Gasteiger partial charge in [0.05, 0.1) is 0 Å². The second-order valence-electron chi connectivity index (χ2n) is 5.68. The number of ether oxygens (including phenoxy) is 2. The van der Waals surface area contributed by atoms with Crippen LogP contribution in [0, 0.1) is 0 Å². The van der Waals surface area contributed by atoms with Crippen molar-refractivity contribution in [1.29, 1.82) is 0 Å². The van der Waals surface area contributed by atoms with Gasteiger partial charge in [-0.2, -0.15) is 26.3 Å². The Kier molecular flexibility index (Phi) is 9.19. The highest BCUT2D eigenvalue weighted by molar-refractivity contribution is 5.72. The van der Waals surface area contributed by atoms with Crippen molar-refractivity contribution >= 4 is 11.9 Å². The molecule has 0 N–H and O–H groups in total. The maximum atomic E-state index is 13.2. The van der Waals surface area contributed by atoms with Crippen LogP contribution >= 0.6 is 0 Å². The van der Waals surface area contributed by atoms with E-state index in [1.165, 1.54) is 0 Å². The summed E-state index contributed by atoms with van der Waals surface area (Å²) in [5.74, 6) is -20.7. The van der Waals surface area contributed by atoms with Gasteiger partial charge < -0.3 is 9.47 Å². The first-order valence-electron chi connectivity index (χ1n) is 7.51. The zero-order valence-electron chi connectivity index (χ0n) is 14.3. The van der Waals surface area contributed by atoms with Gasteiger partial charge in [0.15, 0.2) is 6.61 Å². The summed E-state index contributed by atoms with van der Waals surface area (Å²) in [7, 11) is 0. The molecule has 0 bridgehead atoms. The zero-order chi connectivity index (χ0) is 21.5. The highest BCUT2D eigenvalue weighted by Crippen LogP contribution is 2.48. The molecule has 0 heterocycles. The molecule has 12 heteroatoms. The van der Waals surface area contributed by atoms with Gasteiger partial charge in [-0.25, -0.2) is 8.78 Å². The Bertz CT molecular complexity index is 542. The molecule has 0 unspecified atom stereocenters. The number of alkyl halides is 8. The van der Waals surface area contributed by atoms with Crippen LogP contribution in [0.3, 0.4) is 0 Å². The third-order valence-electron chi connectivity index (χ3n) is 3.06. The number of carbonyl (C=O) groups excluding carboxylic acids is 2. The number of hydrogen-bond acceptors (Lipinski definition) is 4. The normalized spacial score (nSPS) is 12.7. The molecule has 0 aliphatic heterocycles. The molecular formula is C15H18F8O4. The van der Waals surface area contributed by atoms with Crippen LogP contribution in [0.1, 0.15) is 33.1 Å². The molecule has 4 nitrogen and oxygen atoms in total. The maximum Gasteiger partial charge on any atom is 0.381 e. The van der Waals surface area contributed by atoms with Crippen molar-refractivity contribution in [3.63, 3.8) is 0 Å². The Morgan fingerprint density at radius 2 is 1.41 bits per heavy atom. The van der Waals surface area contributed by atoms with E-state index in [9.17, 15) is 44.7 Å². The van der Waals surface area contributed by atoms with Crippen molar-refractivity contribution in [2.45, 2.75) is 57.3 Å². The van der Waals surface area contributed by atoms with Crippen LogP contribution < -0.4 is 0 Å². The third kappa shape index (κ3) is 7.33. The minimum Gasteiger partial charge on any atom is -0.461 e. The van der Waals surface area contributed by atoms with E-state index in [0.717, 1.165) is 5.57 Å². The first-order valence-corrected chi connectivity index (χ1v) is 7.51. The number of hydrogen-bond donors (Lipinski definition) is 0. The molecular weight excluding hydrogens is 396 g/mol. The molecule has 0 rings (SSSR count). The first kappa shape index (κ1) is 25.1. The average molecular weight is 414 g/mol. The minimum atomic E-state index is -6.44. The van der Waals surface area contributed by atoms with Crippen LogP contribution in [-0.4, -0.2) is 49.3 Å². The van der Waals surface area contributed by atoms with E-state index in [2.05, 4.69) is 4.74 Å². The van der Waals surface area contributed by atoms with Gasteiger partial charge in [-0.05, 0) is 26.3 Å². The summed E-state index contributed by atoms with van der Waals surface area (Å²) in [6.07, 6.45) is -4.70. The smallest absolute Gasteiger partial charge is 0.381 e. The van der Waals surface area contributed by atoms with Crippen molar-refractivity contribution in [2.75, 3.05) is 13.2 Å². The highest BCUT2D eigenvalue weighted by Gasteiger charge is 2.75. The Labute approximate surface area is 149 Å². The molecule has 0 radical (unpaired) electrons. The van der Waals surface area contributed by atoms with Crippen LogP contribution in [0.25, 0.3) is 0 Å². The van der Waals surface area contributed by atoms with Gasteiger partial charge in [0, 0.05) is 12.8 Å². The molecule has 27 heavy (non-hydrogen) atoms. The molecule has 0 saturated carbocycles. The first-order chi connectivity index (χ1) is 12.1. The van der Waals surface area contributed by atoms with E-state index in [4.69, 9.17) is 4.74 Å². The fraction of sp³-hybridized carbons (Fsp3) is 0.733. The SMILES string of the molecule is CC(C)=CCOC(=O)CCCC(=O)OCC(F)(F)C(F)(F)C(F)(F)C(F)F. The van der Waals surface area contributed by atoms with Crippen LogP contribution in [0.15, 0.2) is 11.6 Å². The average Bonchev–Trinajstić information content (AvgIpc) is 2.52. The molecule has 0 saturated heterocycles. The van der Waals surface area contributed by atoms with Crippen LogP contribution in [0.2, 0.25) is 0 Å². The molecule has 0 aromatic rings. The van der Waals surface area contributed by atoms with Crippen molar-refractivity contribution < 1.29 is 54.2 Å². The number of carbonyl (C=O) groups is 2. The molecule has 158 valence electrons. The molecule has 0 spiro atoms. The van der Waals surface area contributed by atoms with E-state index >= 15 is 0 Å². The van der Waals surface area contributed by atoms with E-state index in [-0.39, 0.29) is 19.4 Å². The molecule has 0 aliphatic carbocycles. The van der Waals surface area contributed by atoms with Crippen molar-refractivity contribution in [2.24, 2.45) is 0 Å². The van der Waals surface area contributed by atoms with Gasteiger partial charge in [0.25, 0.3) is 0 Å². The Morgan fingerprint density at radius 3 is 1.85 bits per heavy atom. The van der Waals surface area contributed by atoms with Crippen LogP contribution in [0.4, 0.5) is 35.1 Å². The summed E-state index contributed by atoms with van der Waals surface area (Å²) in [6.45, 7) is 0.956. The summed E-state index contributed by atoms with van der Waals surface area (Å²) in [5, 5.41) is 0. The maximum absolute atomic E-state index is 13.2. The predicted octanol–water partition coefficient (Wildman–Crippen LogP) is 4.38. The van der Waals surface area contributed by atoms with Crippen molar-refractivity contribution in [3.8, 4) is 0 Å². The zero-order valence-corrected chi connectivity index (χ0v) is 14.3. The second kappa shape index (κ2) is 9.88. The summed E-state index contributed by atoms with van der Waals surface area (Å²) < 4.78 is 110. The Hall–Kier alpha value is -1.88. The molecule has 0 fully saturated rings. The lowest BCUT2D eigenvalue weighted by atomic mass is 10.1. The van der Waals surface area contributed by atoms with Gasteiger partial charge in [0.1, 0.15) is 6.61 Å². The van der Waals surface area contributed by atoms with Crippen molar-refractivity contribution in [1.82, 2.24) is 0 Å². The fourth-order valence-corrected chi connectivity index (χ4v) is 1.47. The standard InChI is InChI=1S/C15H18F8O4/c1-9(2)6-7-26-10(24)4-3-5-11(25)27-8-13(18,19)15(22,23)14(20,21)12(16)17/h6,12H,3-5,7-8H2,1-2H3. The monoisotopic (exact) mass is 414 g/mol. The Morgan fingerprint density at radius 1 is 0.926 bits per heavy atom. The number of allylic oxidation sites excluding steroid dienone is 1. The molecule has 0 amide bonds. The largest absolute Gasteiger partial charge is 0.461 e. The molecule has 0 aromatic heterocycles. The van der Waals surface area contributed by atoms with Gasteiger partial charge >= 0.3 is 36.1 Å². The second-order valence-corrected chi connectivity index (χ2v) is 5.68. The number of halogens is 8. The molecule has 0 aliphatic rings. The molecule has 0 atom stereocenters. The fourth-order valence-electron chi connectivity index (χ4n) is 1.47. The summed E-state index contributed by atoms with van der Waals surface area (Å²) in [4.78, 5) is 22.4. The minimum absolute atomic E-state index is 0.0226. The lowest BCUT2D eigenvalue weighted by molar-refractivity contribution is -0.344. The quantitative estimate of drug-likeness (QED) is 0.286. The van der Waals surface area contributed by atoms with Crippen molar-refractivity contribution in [3.05, 3.63) is 11.6 Å². The van der Waals surface area contributed by atoms with E-state index < -0.39 is 49.2 Å². The lowest BCUT2D eigenvalue weighted by Crippen LogP contribution is -2.59. The van der Waals surface area contributed by atoms with Crippen LogP contribution in [0.5, 0.6) is 0 Å². The van der Waals surface area contributed by atoms with Gasteiger partial charge in [-0.15, -0.1) is 0 Å². The lowest BCUT2D eigenvalue weighted by Gasteiger charge is -2.31. The number of rotatable bonds is 11. The van der Waals surface area contributed by atoms with E-state index in [1.54, 1.807) is 19.9 Å².